The summed E-state index contributed by atoms with van der Waals surface area (Å²) in [7, 11) is 1.93. The second kappa shape index (κ2) is 6.87. The van der Waals surface area contributed by atoms with Gasteiger partial charge in [-0.2, -0.15) is 5.26 Å². The number of nitrogens with one attached hydrogen (secondary N) is 1. The molecule has 1 N–H and O–H groups in total. The van der Waals surface area contributed by atoms with E-state index >= 15 is 0 Å². The van der Waals surface area contributed by atoms with Crippen molar-refractivity contribution in [1.82, 2.24) is 5.32 Å². The van der Waals surface area contributed by atoms with Crippen molar-refractivity contribution in [2.45, 2.75) is 32.7 Å². The van der Waals surface area contributed by atoms with Crippen LogP contribution in [0.3, 0.4) is 0 Å². The molecule has 2 unspecified atom stereocenters. The Bertz CT molecular complexity index is 167. The fourth-order valence-electron chi connectivity index (χ4n) is 1.03. The van der Waals surface area contributed by atoms with Crippen molar-refractivity contribution in [3.63, 3.8) is 0 Å². The number of likely N-dealkylation sites (N-methyl/N-ethyl adjacent to an activating group) is 1. The van der Waals surface area contributed by atoms with Gasteiger partial charge in [-0.25, -0.2) is 0 Å². The van der Waals surface area contributed by atoms with Gasteiger partial charge in [-0.15, -0.1) is 0 Å². The quantitative estimate of drug-likeness (QED) is 0.635. The highest BCUT2D eigenvalue weighted by Crippen LogP contribution is 2.05. The molecule has 0 saturated heterocycles. The predicted molar refractivity (Wildman–Crippen MR) is 51.7 cm³/mol. The van der Waals surface area contributed by atoms with Crippen molar-refractivity contribution < 1.29 is 0 Å². The van der Waals surface area contributed by atoms with Gasteiger partial charge in [0.25, 0.3) is 0 Å². The molecule has 0 saturated carbocycles. The third kappa shape index (κ3) is 4.92. The topological polar surface area (TPSA) is 35.8 Å². The van der Waals surface area contributed by atoms with E-state index < -0.39 is 0 Å². The number of hydrogen-bond acceptors (Lipinski definition) is 2. The van der Waals surface area contributed by atoms with Crippen LogP contribution in [-0.2, 0) is 0 Å². The lowest BCUT2D eigenvalue weighted by Crippen LogP contribution is -2.24. The highest BCUT2D eigenvalue weighted by atomic mass is 14.9. The molecule has 2 atom stereocenters. The minimum absolute atomic E-state index is 0.129. The largest absolute Gasteiger partial charge is 0.313 e. The fraction of sp³-hybridized carbons (Fsp3) is 0.700. The van der Waals surface area contributed by atoms with E-state index in [1.54, 1.807) is 0 Å². The molecule has 0 amide bonds. The zero-order chi connectivity index (χ0) is 9.40. The summed E-state index contributed by atoms with van der Waals surface area (Å²) >= 11 is 0. The van der Waals surface area contributed by atoms with Crippen molar-refractivity contribution in [3.8, 4) is 6.07 Å². The summed E-state index contributed by atoms with van der Waals surface area (Å²) in [4.78, 5) is 0. The first-order valence-corrected chi connectivity index (χ1v) is 4.48. The Balaban J connectivity index is 3.84. The smallest absolute Gasteiger partial charge is 0.0653 e. The van der Waals surface area contributed by atoms with Crippen LogP contribution in [0.5, 0.6) is 0 Å². The monoisotopic (exact) mass is 166 g/mol. The van der Waals surface area contributed by atoms with Gasteiger partial charge >= 0.3 is 0 Å². The van der Waals surface area contributed by atoms with E-state index in [-0.39, 0.29) is 5.92 Å². The minimum Gasteiger partial charge on any atom is -0.313 e. The summed E-state index contributed by atoms with van der Waals surface area (Å²) in [5.41, 5.74) is 0. The van der Waals surface area contributed by atoms with Gasteiger partial charge in [-0.05, 0) is 26.8 Å². The Morgan fingerprint density at radius 3 is 2.67 bits per heavy atom. The van der Waals surface area contributed by atoms with Gasteiger partial charge < -0.3 is 5.32 Å². The molecule has 0 aliphatic rings. The first-order valence-electron chi connectivity index (χ1n) is 4.48. The van der Waals surface area contributed by atoms with Crippen LogP contribution in [0.25, 0.3) is 0 Å². The molecule has 0 fully saturated rings. The van der Waals surface area contributed by atoms with Crippen LogP contribution < -0.4 is 5.32 Å². The average Bonchev–Trinajstić information content (AvgIpc) is 2.11. The molecule has 0 aromatic carbocycles. The van der Waals surface area contributed by atoms with Crippen molar-refractivity contribution >= 4 is 0 Å². The standard InChI is InChI=1S/C10H18N2/c1-4-5-6-10(12-3)7-9(2)8-11/h5-6,9-10,12H,4,7H2,1-3H3/b6-5-. The summed E-state index contributed by atoms with van der Waals surface area (Å²) in [5.74, 6) is 0.129. The molecular formula is C10H18N2. The summed E-state index contributed by atoms with van der Waals surface area (Å²) in [6.45, 7) is 4.06. The van der Waals surface area contributed by atoms with E-state index in [1.807, 2.05) is 14.0 Å². The van der Waals surface area contributed by atoms with E-state index in [2.05, 4.69) is 30.5 Å². The van der Waals surface area contributed by atoms with E-state index in [1.165, 1.54) is 0 Å². The zero-order valence-corrected chi connectivity index (χ0v) is 8.17. The fourth-order valence-corrected chi connectivity index (χ4v) is 1.03. The summed E-state index contributed by atoms with van der Waals surface area (Å²) < 4.78 is 0. The third-order valence-corrected chi connectivity index (χ3v) is 1.80. The van der Waals surface area contributed by atoms with E-state index in [4.69, 9.17) is 5.26 Å². The Kier molecular flexibility index (Phi) is 6.41. The van der Waals surface area contributed by atoms with Crippen molar-refractivity contribution in [3.05, 3.63) is 12.2 Å². The maximum absolute atomic E-state index is 8.60. The number of nitrogens with zero attached hydrogens (tertiary/aromatic N) is 1. The zero-order valence-electron chi connectivity index (χ0n) is 8.17. The second-order valence-corrected chi connectivity index (χ2v) is 3.00. The van der Waals surface area contributed by atoms with Gasteiger partial charge in [-0.1, -0.05) is 19.1 Å². The van der Waals surface area contributed by atoms with Gasteiger partial charge in [0, 0.05) is 12.0 Å². The van der Waals surface area contributed by atoms with Crippen LogP contribution in [-0.4, -0.2) is 13.1 Å². The molecule has 68 valence electrons. The number of allylic oxidation sites excluding steroid dienone is 1. The first kappa shape index (κ1) is 11.2. The number of rotatable bonds is 5. The number of nitriles is 1. The lowest BCUT2D eigenvalue weighted by atomic mass is 10.0. The molecule has 0 rings (SSSR count). The van der Waals surface area contributed by atoms with Crippen LogP contribution in [0.15, 0.2) is 12.2 Å². The van der Waals surface area contributed by atoms with Crippen molar-refractivity contribution in [1.29, 1.82) is 5.26 Å². The summed E-state index contributed by atoms with van der Waals surface area (Å²) in [5, 5.41) is 11.8. The predicted octanol–water partition coefficient (Wildman–Crippen LogP) is 2.09. The molecule has 0 aromatic rings. The molecule has 0 aliphatic carbocycles. The van der Waals surface area contributed by atoms with Crippen LogP contribution >= 0.6 is 0 Å². The summed E-state index contributed by atoms with van der Waals surface area (Å²) in [6, 6.07) is 2.58. The van der Waals surface area contributed by atoms with Gasteiger partial charge in [0.2, 0.25) is 0 Å². The van der Waals surface area contributed by atoms with Gasteiger partial charge in [0.05, 0.1) is 6.07 Å². The Morgan fingerprint density at radius 1 is 1.58 bits per heavy atom. The van der Waals surface area contributed by atoms with Crippen LogP contribution in [0.4, 0.5) is 0 Å². The number of hydrogen-bond donors (Lipinski definition) is 1. The Labute approximate surface area is 75.3 Å². The van der Waals surface area contributed by atoms with E-state index in [0.29, 0.717) is 6.04 Å². The SMILES string of the molecule is CC/C=C\C(CC(C)C#N)NC. The summed E-state index contributed by atoms with van der Waals surface area (Å²) in [6.07, 6.45) is 6.21. The minimum atomic E-state index is 0.129. The normalized spacial score (nSPS) is 15.8. The Hall–Kier alpha value is -0.810. The molecule has 0 spiro atoms. The van der Waals surface area contributed by atoms with Crippen LogP contribution in [0, 0.1) is 17.2 Å². The molecule has 2 nitrogen and oxygen atoms in total. The molecule has 2 heteroatoms. The molecule has 0 radical (unpaired) electrons. The lowest BCUT2D eigenvalue weighted by molar-refractivity contribution is 0.541. The second-order valence-electron chi connectivity index (χ2n) is 3.00. The first-order chi connectivity index (χ1) is 5.74. The van der Waals surface area contributed by atoms with Gasteiger partial charge in [0.1, 0.15) is 0 Å². The van der Waals surface area contributed by atoms with Crippen LogP contribution in [0.2, 0.25) is 0 Å². The molecule has 12 heavy (non-hydrogen) atoms. The molecule has 0 heterocycles. The maximum Gasteiger partial charge on any atom is 0.0653 e. The molecular weight excluding hydrogens is 148 g/mol. The van der Waals surface area contributed by atoms with E-state index in [0.717, 1.165) is 12.8 Å². The lowest BCUT2D eigenvalue weighted by Gasteiger charge is -2.12. The molecule has 0 aliphatic heterocycles. The average molecular weight is 166 g/mol. The highest BCUT2D eigenvalue weighted by Gasteiger charge is 2.06. The third-order valence-electron chi connectivity index (χ3n) is 1.80. The van der Waals surface area contributed by atoms with Crippen LogP contribution in [0.1, 0.15) is 26.7 Å². The van der Waals surface area contributed by atoms with E-state index in [9.17, 15) is 0 Å². The molecule has 0 aromatic heterocycles. The maximum atomic E-state index is 8.60. The van der Waals surface area contributed by atoms with Gasteiger partial charge in [-0.3, -0.25) is 0 Å². The highest BCUT2D eigenvalue weighted by molar-refractivity contribution is 4.95. The molecule has 0 bridgehead atoms. The van der Waals surface area contributed by atoms with Crippen molar-refractivity contribution in [2.75, 3.05) is 7.05 Å². The Morgan fingerprint density at radius 2 is 2.25 bits per heavy atom. The van der Waals surface area contributed by atoms with Gasteiger partial charge in [0.15, 0.2) is 0 Å². The van der Waals surface area contributed by atoms with Crippen molar-refractivity contribution in [2.24, 2.45) is 5.92 Å².